The number of ketones is 1. The Morgan fingerprint density at radius 2 is 1.87 bits per heavy atom. The molecule has 0 radical (unpaired) electrons. The van der Waals surface area contributed by atoms with Gasteiger partial charge in [-0.2, -0.15) is 0 Å². The van der Waals surface area contributed by atoms with Gasteiger partial charge in [0.15, 0.2) is 5.78 Å². The lowest BCUT2D eigenvalue weighted by molar-refractivity contribution is -0.140. The van der Waals surface area contributed by atoms with E-state index in [1.165, 1.54) is 31.4 Å². The predicted molar refractivity (Wildman–Crippen MR) is 55.2 cm³/mol. The highest BCUT2D eigenvalue weighted by Crippen LogP contribution is 1.99. The Labute approximate surface area is 88.6 Å². The number of allylic oxidation sites excluding steroid dienone is 4. The lowest BCUT2D eigenvalue weighted by Crippen LogP contribution is -2.01. The summed E-state index contributed by atoms with van der Waals surface area (Å²) in [6.07, 6.45) is 7.30. The normalized spacial score (nSPS) is 10.7. The van der Waals surface area contributed by atoms with Crippen LogP contribution in [-0.4, -0.2) is 25.1 Å². The third-order valence-electron chi connectivity index (χ3n) is 1.61. The highest BCUT2D eigenvalue weighted by atomic mass is 16.5. The van der Waals surface area contributed by atoms with E-state index in [1.807, 2.05) is 0 Å². The molecule has 0 spiro atoms. The fourth-order valence-corrected chi connectivity index (χ4v) is 0.865. The van der Waals surface area contributed by atoms with Crippen molar-refractivity contribution in [3.8, 4) is 0 Å². The number of hydrogen-bond acceptors (Lipinski definition) is 4. The molecule has 0 fully saturated rings. The summed E-state index contributed by atoms with van der Waals surface area (Å²) in [6.45, 7) is 0. The molecule has 0 aromatic rings. The van der Waals surface area contributed by atoms with Gasteiger partial charge in [-0.15, -0.1) is 0 Å². The van der Waals surface area contributed by atoms with Gasteiger partial charge < -0.3 is 4.74 Å². The first-order valence-corrected chi connectivity index (χ1v) is 4.59. The van der Waals surface area contributed by atoms with E-state index < -0.39 is 0 Å². The quantitative estimate of drug-likeness (QED) is 0.274. The summed E-state index contributed by atoms with van der Waals surface area (Å²) in [5.74, 6) is -0.387. The van der Waals surface area contributed by atoms with Crippen molar-refractivity contribution in [2.75, 3.05) is 7.11 Å². The smallest absolute Gasteiger partial charge is 0.305 e. The zero-order chi connectivity index (χ0) is 11.5. The summed E-state index contributed by atoms with van der Waals surface area (Å²) < 4.78 is 4.43. The molecule has 0 aromatic carbocycles. The number of methoxy groups -OCH3 is 1. The predicted octanol–water partition coefficient (Wildman–Crippen LogP) is 1.21. The van der Waals surface area contributed by atoms with Crippen LogP contribution in [0.3, 0.4) is 0 Å². The SMILES string of the molecule is COC(=O)CCCC(=O)/C=C/C=C/C=O. The highest BCUT2D eigenvalue weighted by molar-refractivity contribution is 5.90. The van der Waals surface area contributed by atoms with Crippen LogP contribution in [0.1, 0.15) is 19.3 Å². The number of carbonyl (C=O) groups excluding carboxylic acids is 3. The van der Waals surface area contributed by atoms with Crippen LogP contribution in [0, 0.1) is 0 Å². The van der Waals surface area contributed by atoms with Crippen molar-refractivity contribution in [1.82, 2.24) is 0 Å². The lowest BCUT2D eigenvalue weighted by atomic mass is 10.1. The minimum Gasteiger partial charge on any atom is -0.469 e. The van der Waals surface area contributed by atoms with E-state index in [0.29, 0.717) is 19.1 Å². The monoisotopic (exact) mass is 210 g/mol. The minimum absolute atomic E-state index is 0.0746. The summed E-state index contributed by atoms with van der Waals surface area (Å²) in [5, 5.41) is 0. The van der Waals surface area contributed by atoms with Gasteiger partial charge in [-0.1, -0.05) is 12.2 Å². The van der Waals surface area contributed by atoms with Crippen LogP contribution >= 0.6 is 0 Å². The molecular weight excluding hydrogens is 196 g/mol. The molecule has 0 atom stereocenters. The maximum Gasteiger partial charge on any atom is 0.305 e. The molecule has 15 heavy (non-hydrogen) atoms. The maximum atomic E-state index is 11.1. The van der Waals surface area contributed by atoms with Gasteiger partial charge in [0.25, 0.3) is 0 Å². The number of rotatable bonds is 7. The van der Waals surface area contributed by atoms with Crippen molar-refractivity contribution in [3.05, 3.63) is 24.3 Å². The number of esters is 1. The van der Waals surface area contributed by atoms with Gasteiger partial charge >= 0.3 is 5.97 Å². The maximum absolute atomic E-state index is 11.1. The van der Waals surface area contributed by atoms with E-state index >= 15 is 0 Å². The first-order valence-electron chi connectivity index (χ1n) is 4.59. The molecular formula is C11H14O4. The Morgan fingerprint density at radius 1 is 1.13 bits per heavy atom. The lowest BCUT2D eigenvalue weighted by Gasteiger charge is -1.96. The fraction of sp³-hybridized carbons (Fsp3) is 0.364. The van der Waals surface area contributed by atoms with Crippen molar-refractivity contribution in [2.45, 2.75) is 19.3 Å². The number of carbonyl (C=O) groups is 3. The Kier molecular flexibility index (Phi) is 7.86. The topological polar surface area (TPSA) is 60.4 Å². The molecule has 0 amide bonds. The summed E-state index contributed by atoms with van der Waals surface area (Å²) >= 11 is 0. The average Bonchev–Trinajstić information content (AvgIpc) is 2.24. The van der Waals surface area contributed by atoms with Gasteiger partial charge in [0, 0.05) is 12.8 Å². The zero-order valence-electron chi connectivity index (χ0n) is 8.64. The van der Waals surface area contributed by atoms with Crippen LogP contribution < -0.4 is 0 Å². The molecule has 0 bridgehead atoms. The molecule has 0 rings (SSSR count). The summed E-state index contributed by atoms with van der Waals surface area (Å²) in [4.78, 5) is 31.7. The Hall–Kier alpha value is -1.71. The Balaban J connectivity index is 3.66. The molecule has 0 aromatic heterocycles. The first-order chi connectivity index (χ1) is 7.20. The molecule has 0 saturated heterocycles. The minimum atomic E-state index is -0.312. The average molecular weight is 210 g/mol. The van der Waals surface area contributed by atoms with E-state index in [-0.39, 0.29) is 18.2 Å². The molecule has 0 aliphatic heterocycles. The molecule has 0 saturated carbocycles. The van der Waals surface area contributed by atoms with Crippen LogP contribution in [0.4, 0.5) is 0 Å². The standard InChI is InChI=1S/C11H14O4/c1-15-11(14)8-5-7-10(13)6-3-2-4-9-12/h2-4,6,9H,5,7-8H2,1H3/b4-2+,6-3+. The third kappa shape index (κ3) is 8.62. The molecule has 4 nitrogen and oxygen atoms in total. The van der Waals surface area contributed by atoms with Crippen LogP contribution in [0.2, 0.25) is 0 Å². The van der Waals surface area contributed by atoms with Crippen molar-refractivity contribution in [3.63, 3.8) is 0 Å². The van der Waals surface area contributed by atoms with Crippen molar-refractivity contribution >= 4 is 18.0 Å². The van der Waals surface area contributed by atoms with Gasteiger partial charge in [-0.25, -0.2) is 0 Å². The second-order valence-electron chi connectivity index (χ2n) is 2.78. The van der Waals surface area contributed by atoms with Crippen molar-refractivity contribution in [1.29, 1.82) is 0 Å². The molecule has 82 valence electrons. The van der Waals surface area contributed by atoms with Crippen LogP contribution in [-0.2, 0) is 19.1 Å². The third-order valence-corrected chi connectivity index (χ3v) is 1.61. The van der Waals surface area contributed by atoms with Crippen LogP contribution in [0.25, 0.3) is 0 Å². The van der Waals surface area contributed by atoms with Gasteiger partial charge in [-0.05, 0) is 18.6 Å². The summed E-state index contributed by atoms with van der Waals surface area (Å²) in [7, 11) is 1.31. The fourth-order valence-electron chi connectivity index (χ4n) is 0.865. The molecule has 4 heteroatoms. The van der Waals surface area contributed by atoms with Gasteiger partial charge in [-0.3, -0.25) is 14.4 Å². The Morgan fingerprint density at radius 3 is 2.47 bits per heavy atom. The van der Waals surface area contributed by atoms with Crippen LogP contribution in [0.5, 0.6) is 0 Å². The van der Waals surface area contributed by atoms with Crippen molar-refractivity contribution < 1.29 is 19.1 Å². The van der Waals surface area contributed by atoms with E-state index in [4.69, 9.17) is 0 Å². The van der Waals surface area contributed by atoms with Gasteiger partial charge in [0.2, 0.25) is 0 Å². The largest absolute Gasteiger partial charge is 0.469 e. The molecule has 0 N–H and O–H groups in total. The van der Waals surface area contributed by atoms with Gasteiger partial charge in [0.05, 0.1) is 7.11 Å². The second-order valence-corrected chi connectivity index (χ2v) is 2.78. The number of aldehydes is 1. The van der Waals surface area contributed by atoms with Crippen molar-refractivity contribution in [2.24, 2.45) is 0 Å². The number of hydrogen-bond donors (Lipinski definition) is 0. The number of ether oxygens (including phenoxy) is 1. The summed E-state index contributed by atoms with van der Waals surface area (Å²) in [6, 6.07) is 0. The van der Waals surface area contributed by atoms with E-state index in [1.54, 1.807) is 0 Å². The molecule has 0 aliphatic rings. The highest BCUT2D eigenvalue weighted by Gasteiger charge is 2.01. The van der Waals surface area contributed by atoms with E-state index in [9.17, 15) is 14.4 Å². The summed E-state index contributed by atoms with van der Waals surface area (Å²) in [5.41, 5.74) is 0. The molecule has 0 unspecified atom stereocenters. The molecule has 0 aliphatic carbocycles. The van der Waals surface area contributed by atoms with E-state index in [2.05, 4.69) is 4.74 Å². The first kappa shape index (κ1) is 13.3. The molecule has 0 heterocycles. The Bertz CT molecular complexity index is 276. The van der Waals surface area contributed by atoms with E-state index in [0.717, 1.165) is 0 Å². The second kappa shape index (κ2) is 8.87. The van der Waals surface area contributed by atoms with Crippen LogP contribution in [0.15, 0.2) is 24.3 Å². The zero-order valence-corrected chi connectivity index (χ0v) is 8.64. The van der Waals surface area contributed by atoms with Gasteiger partial charge in [0.1, 0.15) is 6.29 Å².